The highest BCUT2D eigenvalue weighted by atomic mass is 14.1. The Bertz CT molecular complexity index is 613. The van der Waals surface area contributed by atoms with Crippen molar-refractivity contribution in [3.63, 3.8) is 0 Å². The standard InChI is InChI=1S/C17H14/c1-12-3-5-14(6-4-12)13(2)16-9-7-15-8-10-17(15)11-16/h3-11H,2H2,1H3. The molecule has 82 valence electrons. The maximum Gasteiger partial charge on any atom is -0.0178 e. The Morgan fingerprint density at radius 1 is 0.824 bits per heavy atom. The van der Waals surface area contributed by atoms with Gasteiger partial charge in [0.15, 0.2) is 0 Å². The summed E-state index contributed by atoms with van der Waals surface area (Å²) in [6.07, 6.45) is 4.27. The summed E-state index contributed by atoms with van der Waals surface area (Å²) >= 11 is 0. The molecular weight excluding hydrogens is 204 g/mol. The molecule has 2 aromatic rings. The van der Waals surface area contributed by atoms with Crippen LogP contribution in [0.2, 0.25) is 0 Å². The second-order valence-electron chi connectivity index (χ2n) is 4.52. The summed E-state index contributed by atoms with van der Waals surface area (Å²) in [5.74, 6) is 0. The maximum atomic E-state index is 4.20. The van der Waals surface area contributed by atoms with E-state index in [2.05, 4.69) is 68.1 Å². The average Bonchev–Trinajstić information content (AvgIpc) is 2.31. The predicted molar refractivity (Wildman–Crippen MR) is 74.7 cm³/mol. The van der Waals surface area contributed by atoms with Crippen LogP contribution < -0.4 is 0 Å². The zero-order valence-corrected chi connectivity index (χ0v) is 9.90. The van der Waals surface area contributed by atoms with Gasteiger partial charge < -0.3 is 0 Å². The van der Waals surface area contributed by atoms with Gasteiger partial charge in [0.1, 0.15) is 0 Å². The second kappa shape index (κ2) is 3.74. The predicted octanol–water partition coefficient (Wildman–Crippen LogP) is 4.54. The fourth-order valence-electron chi connectivity index (χ4n) is 2.06. The SMILES string of the molecule is C=C(c1ccc(C)cc1)c1ccc2c(c1)C=C2. The van der Waals surface area contributed by atoms with Crippen molar-refractivity contribution in [1.29, 1.82) is 0 Å². The van der Waals surface area contributed by atoms with Crippen LogP contribution >= 0.6 is 0 Å². The summed E-state index contributed by atoms with van der Waals surface area (Å²) in [6, 6.07) is 15.0. The summed E-state index contributed by atoms with van der Waals surface area (Å²) < 4.78 is 0. The van der Waals surface area contributed by atoms with Crippen LogP contribution in [0.25, 0.3) is 17.7 Å². The molecule has 1 aliphatic carbocycles. The van der Waals surface area contributed by atoms with Gasteiger partial charge in [-0.3, -0.25) is 0 Å². The number of hydrogen-bond acceptors (Lipinski definition) is 0. The van der Waals surface area contributed by atoms with Crippen molar-refractivity contribution >= 4 is 17.7 Å². The molecule has 0 fully saturated rings. The first-order valence-corrected chi connectivity index (χ1v) is 5.82. The van der Waals surface area contributed by atoms with Crippen molar-refractivity contribution in [2.45, 2.75) is 6.92 Å². The van der Waals surface area contributed by atoms with Crippen molar-refractivity contribution in [1.82, 2.24) is 0 Å². The van der Waals surface area contributed by atoms with Gasteiger partial charge in [0, 0.05) is 0 Å². The van der Waals surface area contributed by atoms with Crippen LogP contribution in [0.4, 0.5) is 0 Å². The molecular formula is C17H14. The molecule has 17 heavy (non-hydrogen) atoms. The maximum absolute atomic E-state index is 4.20. The summed E-state index contributed by atoms with van der Waals surface area (Å²) in [7, 11) is 0. The van der Waals surface area contributed by atoms with Gasteiger partial charge in [-0.15, -0.1) is 0 Å². The fraction of sp³-hybridized carbons (Fsp3) is 0.0588. The van der Waals surface area contributed by atoms with Gasteiger partial charge in [0.25, 0.3) is 0 Å². The van der Waals surface area contributed by atoms with E-state index in [1.807, 2.05) is 0 Å². The van der Waals surface area contributed by atoms with Crippen molar-refractivity contribution in [2.75, 3.05) is 0 Å². The lowest BCUT2D eigenvalue weighted by Crippen LogP contribution is -1.93. The third-order valence-corrected chi connectivity index (χ3v) is 3.28. The van der Waals surface area contributed by atoms with E-state index in [9.17, 15) is 0 Å². The molecule has 0 heterocycles. The minimum atomic E-state index is 1.09. The van der Waals surface area contributed by atoms with E-state index < -0.39 is 0 Å². The van der Waals surface area contributed by atoms with E-state index in [4.69, 9.17) is 0 Å². The minimum absolute atomic E-state index is 1.09. The van der Waals surface area contributed by atoms with E-state index in [1.54, 1.807) is 0 Å². The van der Waals surface area contributed by atoms with Gasteiger partial charge in [-0.25, -0.2) is 0 Å². The molecule has 0 nitrogen and oxygen atoms in total. The highest BCUT2D eigenvalue weighted by Gasteiger charge is 2.08. The first kappa shape index (κ1) is 10.1. The molecule has 0 heteroatoms. The molecule has 0 saturated carbocycles. The number of aryl methyl sites for hydroxylation is 1. The lowest BCUT2D eigenvalue weighted by atomic mass is 9.91. The van der Waals surface area contributed by atoms with Crippen LogP contribution in [0.5, 0.6) is 0 Å². The molecule has 2 aromatic carbocycles. The zero-order valence-electron chi connectivity index (χ0n) is 9.90. The minimum Gasteiger partial charge on any atom is -0.0906 e. The van der Waals surface area contributed by atoms with Crippen LogP contribution in [-0.2, 0) is 0 Å². The van der Waals surface area contributed by atoms with Gasteiger partial charge in [-0.2, -0.15) is 0 Å². The molecule has 0 atom stereocenters. The van der Waals surface area contributed by atoms with Gasteiger partial charge in [-0.1, -0.05) is 60.7 Å². The van der Waals surface area contributed by atoms with Gasteiger partial charge >= 0.3 is 0 Å². The summed E-state index contributed by atoms with van der Waals surface area (Å²) in [5.41, 5.74) is 7.41. The third-order valence-electron chi connectivity index (χ3n) is 3.28. The average molecular weight is 218 g/mol. The van der Waals surface area contributed by atoms with E-state index in [0.717, 1.165) is 5.57 Å². The van der Waals surface area contributed by atoms with E-state index >= 15 is 0 Å². The third kappa shape index (κ3) is 1.72. The highest BCUT2D eigenvalue weighted by Crippen LogP contribution is 2.29. The summed E-state index contributed by atoms with van der Waals surface area (Å²) in [5, 5.41) is 0. The molecule has 0 bridgehead atoms. The Labute approximate surface area is 102 Å². The van der Waals surface area contributed by atoms with Crippen LogP contribution in [-0.4, -0.2) is 0 Å². The molecule has 0 unspecified atom stereocenters. The van der Waals surface area contributed by atoms with E-state index in [0.29, 0.717) is 0 Å². The molecule has 0 radical (unpaired) electrons. The molecule has 0 spiro atoms. The van der Waals surface area contributed by atoms with Crippen LogP contribution in [0, 0.1) is 6.92 Å². The van der Waals surface area contributed by atoms with E-state index in [1.165, 1.54) is 27.8 Å². The highest BCUT2D eigenvalue weighted by molar-refractivity contribution is 5.89. The summed E-state index contributed by atoms with van der Waals surface area (Å²) in [4.78, 5) is 0. The Morgan fingerprint density at radius 3 is 2.06 bits per heavy atom. The van der Waals surface area contributed by atoms with E-state index in [-0.39, 0.29) is 0 Å². The Kier molecular flexibility index (Phi) is 2.22. The van der Waals surface area contributed by atoms with Crippen LogP contribution in [0.3, 0.4) is 0 Å². The first-order valence-electron chi connectivity index (χ1n) is 5.82. The monoisotopic (exact) mass is 218 g/mol. The first-order chi connectivity index (χ1) is 8.24. The van der Waals surface area contributed by atoms with Crippen molar-refractivity contribution in [2.24, 2.45) is 0 Å². The van der Waals surface area contributed by atoms with Crippen LogP contribution in [0.1, 0.15) is 27.8 Å². The number of benzene rings is 2. The normalized spacial score (nSPS) is 11.8. The lowest BCUT2D eigenvalue weighted by molar-refractivity contribution is 1.44. The summed E-state index contributed by atoms with van der Waals surface area (Å²) in [6.45, 7) is 6.30. The van der Waals surface area contributed by atoms with Crippen molar-refractivity contribution < 1.29 is 0 Å². The number of hydrogen-bond donors (Lipinski definition) is 0. The smallest absolute Gasteiger partial charge is 0.0178 e. The molecule has 1 aliphatic rings. The van der Waals surface area contributed by atoms with Gasteiger partial charge in [-0.05, 0) is 40.8 Å². The van der Waals surface area contributed by atoms with Gasteiger partial charge in [0.05, 0.1) is 0 Å². The number of rotatable bonds is 2. The second-order valence-corrected chi connectivity index (χ2v) is 4.52. The molecule has 0 aromatic heterocycles. The molecule has 0 aliphatic heterocycles. The quantitative estimate of drug-likeness (QED) is 0.592. The Hall–Kier alpha value is -2.08. The number of fused-ring (bicyclic) bond motifs is 1. The molecule has 0 N–H and O–H groups in total. The molecule has 0 amide bonds. The lowest BCUT2D eigenvalue weighted by Gasteiger charge is -2.13. The van der Waals surface area contributed by atoms with Crippen LogP contribution in [0.15, 0.2) is 49.0 Å². The van der Waals surface area contributed by atoms with Crippen molar-refractivity contribution in [3.8, 4) is 0 Å². The Balaban J connectivity index is 1.96. The zero-order chi connectivity index (χ0) is 11.8. The molecule has 0 saturated heterocycles. The fourth-order valence-corrected chi connectivity index (χ4v) is 2.06. The largest absolute Gasteiger partial charge is 0.0906 e. The molecule has 3 rings (SSSR count). The topological polar surface area (TPSA) is 0 Å². The van der Waals surface area contributed by atoms with Crippen molar-refractivity contribution in [3.05, 3.63) is 76.9 Å². The Morgan fingerprint density at radius 2 is 1.47 bits per heavy atom. The van der Waals surface area contributed by atoms with Gasteiger partial charge in [0.2, 0.25) is 0 Å².